The Morgan fingerprint density at radius 3 is 1.58 bits per heavy atom. The smallest absolute Gasteiger partial charge is 0.222 e. The molecule has 19 heavy (non-hydrogen) atoms. The quantitative estimate of drug-likeness (QED) is 0.423. The molecule has 0 heterocycles. The molecule has 2 heteroatoms. The molecule has 0 aromatic heterocycles. The molecular weight excluding hydrogens is 234 g/mol. The number of carbonyl (C=O) groups is 1. The van der Waals surface area contributed by atoms with Gasteiger partial charge in [0.25, 0.3) is 0 Å². The van der Waals surface area contributed by atoms with Crippen molar-refractivity contribution in [1.29, 1.82) is 0 Å². The molecule has 0 bridgehead atoms. The molecule has 0 aromatic carbocycles. The summed E-state index contributed by atoms with van der Waals surface area (Å²) in [5.74, 6) is 0.384. The number of rotatable bonds is 13. The molecule has 2 nitrogen and oxygen atoms in total. The fourth-order valence-corrected chi connectivity index (χ4v) is 2.31. The van der Waals surface area contributed by atoms with Crippen molar-refractivity contribution in [3.05, 3.63) is 0 Å². The van der Waals surface area contributed by atoms with Crippen molar-refractivity contribution in [3.63, 3.8) is 0 Å². The summed E-state index contributed by atoms with van der Waals surface area (Å²) >= 11 is 0. The van der Waals surface area contributed by atoms with E-state index >= 15 is 0 Å². The Bertz CT molecular complexity index is 191. The van der Waals surface area contributed by atoms with E-state index in [1.165, 1.54) is 51.4 Å². The van der Waals surface area contributed by atoms with Gasteiger partial charge in [-0.3, -0.25) is 4.79 Å². The van der Waals surface area contributed by atoms with Gasteiger partial charge in [-0.15, -0.1) is 0 Å². The molecule has 0 aliphatic heterocycles. The minimum atomic E-state index is 0.384. The summed E-state index contributed by atoms with van der Waals surface area (Å²) in [5, 5.41) is 0. The summed E-state index contributed by atoms with van der Waals surface area (Å²) in [6.07, 6.45) is 12.9. The zero-order valence-corrected chi connectivity index (χ0v) is 13.5. The zero-order valence-electron chi connectivity index (χ0n) is 13.5. The summed E-state index contributed by atoms with van der Waals surface area (Å²) in [6, 6.07) is 0. The van der Waals surface area contributed by atoms with E-state index in [0.29, 0.717) is 5.91 Å². The highest BCUT2D eigenvalue weighted by Gasteiger charge is 2.11. The number of hydrogen-bond acceptors (Lipinski definition) is 1. The lowest BCUT2D eigenvalue weighted by atomic mass is 10.1. The van der Waals surface area contributed by atoms with Gasteiger partial charge in [-0.05, 0) is 19.3 Å². The topological polar surface area (TPSA) is 20.3 Å². The van der Waals surface area contributed by atoms with Crippen molar-refractivity contribution in [2.75, 3.05) is 13.1 Å². The van der Waals surface area contributed by atoms with Gasteiger partial charge in [0.05, 0.1) is 0 Å². The number of carbonyl (C=O) groups excluding carboxylic acids is 1. The molecule has 0 aliphatic carbocycles. The molecule has 114 valence electrons. The summed E-state index contributed by atoms with van der Waals surface area (Å²) < 4.78 is 0. The highest BCUT2D eigenvalue weighted by Crippen LogP contribution is 2.08. The fraction of sp³-hybridized carbons (Fsp3) is 0.941. The molecular formula is C17H35NO. The van der Waals surface area contributed by atoms with Crippen LogP contribution in [0, 0.1) is 0 Å². The minimum absolute atomic E-state index is 0.384. The first kappa shape index (κ1) is 18.5. The average molecular weight is 269 g/mol. The molecule has 1 amide bonds. The predicted molar refractivity (Wildman–Crippen MR) is 84.4 cm³/mol. The van der Waals surface area contributed by atoms with Crippen LogP contribution < -0.4 is 0 Å². The Balaban J connectivity index is 3.94. The van der Waals surface area contributed by atoms with Gasteiger partial charge in [0, 0.05) is 19.5 Å². The van der Waals surface area contributed by atoms with Crippen LogP contribution in [0.2, 0.25) is 0 Å². The maximum Gasteiger partial charge on any atom is 0.222 e. The monoisotopic (exact) mass is 269 g/mol. The van der Waals surface area contributed by atoms with Crippen LogP contribution in [0.3, 0.4) is 0 Å². The second-order valence-electron chi connectivity index (χ2n) is 5.61. The van der Waals surface area contributed by atoms with E-state index < -0.39 is 0 Å². The summed E-state index contributed by atoms with van der Waals surface area (Å²) in [4.78, 5) is 14.3. The van der Waals surface area contributed by atoms with Crippen LogP contribution in [0.25, 0.3) is 0 Å². The van der Waals surface area contributed by atoms with Crippen molar-refractivity contribution in [2.45, 2.75) is 91.4 Å². The van der Waals surface area contributed by atoms with Crippen LogP contribution in [0.5, 0.6) is 0 Å². The first-order chi connectivity index (χ1) is 9.26. The number of amides is 1. The van der Waals surface area contributed by atoms with Gasteiger partial charge < -0.3 is 4.90 Å². The van der Waals surface area contributed by atoms with Crippen molar-refractivity contribution in [3.8, 4) is 0 Å². The second kappa shape index (κ2) is 13.9. The first-order valence-corrected chi connectivity index (χ1v) is 8.54. The number of hydrogen-bond donors (Lipinski definition) is 0. The molecule has 0 aromatic rings. The van der Waals surface area contributed by atoms with Gasteiger partial charge in [-0.2, -0.15) is 0 Å². The lowest BCUT2D eigenvalue weighted by Gasteiger charge is -2.23. The van der Waals surface area contributed by atoms with Crippen molar-refractivity contribution >= 4 is 5.91 Å². The Morgan fingerprint density at radius 1 is 0.684 bits per heavy atom. The standard InChI is InChI=1S/C17H35NO/c1-4-7-10-12-15-18(16-13-11-8-5-2)17(19)14-9-6-3/h4-16H2,1-3H3. The van der Waals surface area contributed by atoms with Crippen LogP contribution in [0.4, 0.5) is 0 Å². The molecule has 0 saturated carbocycles. The maximum atomic E-state index is 12.2. The van der Waals surface area contributed by atoms with Gasteiger partial charge in [-0.25, -0.2) is 0 Å². The molecule has 0 N–H and O–H groups in total. The zero-order chi connectivity index (χ0) is 14.3. The largest absolute Gasteiger partial charge is 0.343 e. The molecule has 0 rings (SSSR count). The molecule has 0 fully saturated rings. The molecule has 0 spiro atoms. The Labute approximate surface area is 120 Å². The van der Waals surface area contributed by atoms with Crippen LogP contribution >= 0.6 is 0 Å². The van der Waals surface area contributed by atoms with Gasteiger partial charge in [0.2, 0.25) is 5.91 Å². The third kappa shape index (κ3) is 11.0. The minimum Gasteiger partial charge on any atom is -0.343 e. The number of unbranched alkanes of at least 4 members (excludes halogenated alkanes) is 7. The Kier molecular flexibility index (Phi) is 13.5. The summed E-state index contributed by atoms with van der Waals surface area (Å²) in [6.45, 7) is 8.58. The molecule has 0 radical (unpaired) electrons. The second-order valence-corrected chi connectivity index (χ2v) is 5.61. The fourth-order valence-electron chi connectivity index (χ4n) is 2.31. The maximum absolute atomic E-state index is 12.2. The highest BCUT2D eigenvalue weighted by atomic mass is 16.2. The van der Waals surface area contributed by atoms with Crippen molar-refractivity contribution < 1.29 is 4.79 Å². The molecule has 0 unspecified atom stereocenters. The average Bonchev–Trinajstić information content (AvgIpc) is 2.43. The SMILES string of the molecule is CCCCCCN(CCCCCC)C(=O)CCCC. The van der Waals surface area contributed by atoms with E-state index in [4.69, 9.17) is 0 Å². The van der Waals surface area contributed by atoms with Crippen LogP contribution in [-0.2, 0) is 4.79 Å². The number of nitrogens with zero attached hydrogens (tertiary/aromatic N) is 1. The Morgan fingerprint density at radius 2 is 1.16 bits per heavy atom. The first-order valence-electron chi connectivity index (χ1n) is 8.54. The van der Waals surface area contributed by atoms with Crippen LogP contribution in [0.15, 0.2) is 0 Å². The van der Waals surface area contributed by atoms with E-state index in [2.05, 4.69) is 25.7 Å². The predicted octanol–water partition coefficient (Wildman–Crippen LogP) is 5.17. The van der Waals surface area contributed by atoms with E-state index in [1.54, 1.807) is 0 Å². The Hall–Kier alpha value is -0.530. The van der Waals surface area contributed by atoms with Crippen molar-refractivity contribution in [1.82, 2.24) is 4.90 Å². The third-order valence-electron chi connectivity index (χ3n) is 3.66. The highest BCUT2D eigenvalue weighted by molar-refractivity contribution is 5.76. The molecule has 0 aliphatic rings. The van der Waals surface area contributed by atoms with Gasteiger partial charge in [0.1, 0.15) is 0 Å². The van der Waals surface area contributed by atoms with Crippen molar-refractivity contribution in [2.24, 2.45) is 0 Å². The summed E-state index contributed by atoms with van der Waals surface area (Å²) in [5.41, 5.74) is 0. The van der Waals surface area contributed by atoms with Gasteiger partial charge >= 0.3 is 0 Å². The van der Waals surface area contributed by atoms with Gasteiger partial charge in [-0.1, -0.05) is 65.7 Å². The van der Waals surface area contributed by atoms with E-state index in [1.807, 2.05) is 0 Å². The molecule has 0 atom stereocenters. The summed E-state index contributed by atoms with van der Waals surface area (Å²) in [7, 11) is 0. The lowest BCUT2D eigenvalue weighted by Crippen LogP contribution is -2.32. The van der Waals surface area contributed by atoms with Crippen LogP contribution in [-0.4, -0.2) is 23.9 Å². The van der Waals surface area contributed by atoms with E-state index in [-0.39, 0.29) is 0 Å². The third-order valence-corrected chi connectivity index (χ3v) is 3.66. The molecule has 0 saturated heterocycles. The van der Waals surface area contributed by atoms with Gasteiger partial charge in [0.15, 0.2) is 0 Å². The van der Waals surface area contributed by atoms with E-state index in [0.717, 1.165) is 32.4 Å². The lowest BCUT2D eigenvalue weighted by molar-refractivity contribution is -0.131. The normalized spacial score (nSPS) is 10.7. The van der Waals surface area contributed by atoms with E-state index in [9.17, 15) is 4.79 Å². The van der Waals surface area contributed by atoms with Crippen LogP contribution in [0.1, 0.15) is 91.4 Å².